The van der Waals surface area contributed by atoms with Crippen molar-refractivity contribution in [2.45, 2.75) is 13.8 Å². The number of carbonyl (C=O) groups excluding carboxylic acids is 1. The van der Waals surface area contributed by atoms with Crippen LogP contribution in [0.4, 0.5) is 0 Å². The Kier molecular flexibility index (Phi) is 7.46. The normalized spacial score (nSPS) is 10.7. The molecule has 132 valence electrons. The van der Waals surface area contributed by atoms with E-state index in [9.17, 15) is 4.79 Å². The number of hydrogen-bond donors (Lipinski definition) is 1. The molecule has 7 heteroatoms. The largest absolute Gasteiger partial charge is 0.493 e. The number of halogens is 2. The summed E-state index contributed by atoms with van der Waals surface area (Å²) in [4.78, 5) is 11.9. The fourth-order valence-electron chi connectivity index (χ4n) is 2.09. The molecular formula is C18H18Br2N2O3. The number of nitrogens with zero attached hydrogens (tertiary/aromatic N) is 1. The van der Waals surface area contributed by atoms with E-state index in [1.165, 1.54) is 0 Å². The molecule has 0 radical (unpaired) electrons. The molecule has 0 unspecified atom stereocenters. The first-order chi connectivity index (χ1) is 12.0. The van der Waals surface area contributed by atoms with Crippen LogP contribution < -0.4 is 14.9 Å². The minimum absolute atomic E-state index is 0.133. The van der Waals surface area contributed by atoms with Crippen molar-refractivity contribution in [3.8, 4) is 11.5 Å². The molecule has 2 aromatic rings. The highest BCUT2D eigenvalue weighted by molar-refractivity contribution is 9.11. The molecule has 0 spiro atoms. The lowest BCUT2D eigenvalue weighted by Crippen LogP contribution is -2.24. The van der Waals surface area contributed by atoms with Gasteiger partial charge in [0.05, 0.1) is 17.3 Å². The number of hydrogen-bond acceptors (Lipinski definition) is 4. The Labute approximate surface area is 163 Å². The van der Waals surface area contributed by atoms with Crippen molar-refractivity contribution in [2.75, 3.05) is 13.2 Å². The first-order valence-corrected chi connectivity index (χ1v) is 9.22. The standard InChI is InChI=1S/C18H18Br2N2O3/c1-3-24-16-7-5-4-6-13(16)10-21-22-17(23)11-25-18-12(2)8-14(19)9-15(18)20/h4-10H,3,11H2,1-2H3,(H,22,23)/b21-10+. The van der Waals surface area contributed by atoms with E-state index >= 15 is 0 Å². The molecule has 1 amide bonds. The fourth-order valence-corrected chi connectivity index (χ4v) is 3.64. The Morgan fingerprint density at radius 2 is 2.00 bits per heavy atom. The molecule has 0 saturated carbocycles. The van der Waals surface area contributed by atoms with Crippen LogP contribution in [0.25, 0.3) is 0 Å². The number of carbonyl (C=O) groups is 1. The molecule has 0 aliphatic heterocycles. The third-order valence-electron chi connectivity index (χ3n) is 3.15. The molecule has 0 aromatic heterocycles. The van der Waals surface area contributed by atoms with Gasteiger partial charge >= 0.3 is 0 Å². The van der Waals surface area contributed by atoms with Gasteiger partial charge in [-0.25, -0.2) is 5.43 Å². The van der Waals surface area contributed by atoms with Crippen LogP contribution in [0.15, 0.2) is 50.4 Å². The molecule has 5 nitrogen and oxygen atoms in total. The van der Waals surface area contributed by atoms with Crippen LogP contribution in [-0.2, 0) is 4.79 Å². The Hall–Kier alpha value is -1.86. The Morgan fingerprint density at radius 3 is 2.72 bits per heavy atom. The van der Waals surface area contributed by atoms with Crippen LogP contribution >= 0.6 is 31.9 Å². The summed E-state index contributed by atoms with van der Waals surface area (Å²) in [5.41, 5.74) is 4.15. The highest BCUT2D eigenvalue weighted by atomic mass is 79.9. The van der Waals surface area contributed by atoms with Crippen LogP contribution in [0.3, 0.4) is 0 Å². The van der Waals surface area contributed by atoms with Gasteiger partial charge in [0.15, 0.2) is 6.61 Å². The van der Waals surface area contributed by atoms with Crippen molar-refractivity contribution in [1.29, 1.82) is 0 Å². The predicted octanol–water partition coefficient (Wildman–Crippen LogP) is 4.45. The number of nitrogens with one attached hydrogen (secondary N) is 1. The summed E-state index contributed by atoms with van der Waals surface area (Å²) in [6.45, 7) is 4.25. The predicted molar refractivity (Wildman–Crippen MR) is 105 cm³/mol. The minimum Gasteiger partial charge on any atom is -0.493 e. The summed E-state index contributed by atoms with van der Waals surface area (Å²) in [7, 11) is 0. The molecule has 1 N–H and O–H groups in total. The zero-order valence-electron chi connectivity index (χ0n) is 13.9. The molecule has 2 rings (SSSR count). The van der Waals surface area contributed by atoms with Crippen molar-refractivity contribution in [1.82, 2.24) is 5.43 Å². The molecule has 25 heavy (non-hydrogen) atoms. The second-order valence-electron chi connectivity index (χ2n) is 5.09. The van der Waals surface area contributed by atoms with Gasteiger partial charge in [0.25, 0.3) is 5.91 Å². The number of rotatable bonds is 7. The third-order valence-corrected chi connectivity index (χ3v) is 4.20. The Morgan fingerprint density at radius 1 is 1.24 bits per heavy atom. The van der Waals surface area contributed by atoms with Gasteiger partial charge in [-0.1, -0.05) is 28.1 Å². The van der Waals surface area contributed by atoms with Crippen molar-refractivity contribution >= 4 is 44.0 Å². The highest BCUT2D eigenvalue weighted by Gasteiger charge is 2.09. The summed E-state index contributed by atoms with van der Waals surface area (Å²) in [6.07, 6.45) is 1.55. The van der Waals surface area contributed by atoms with Crippen LogP contribution in [0.2, 0.25) is 0 Å². The third kappa shape index (κ3) is 5.86. The highest BCUT2D eigenvalue weighted by Crippen LogP contribution is 2.32. The van der Waals surface area contributed by atoms with E-state index in [0.717, 1.165) is 20.1 Å². The van der Waals surface area contributed by atoms with E-state index < -0.39 is 0 Å². The monoisotopic (exact) mass is 468 g/mol. The van der Waals surface area contributed by atoms with E-state index in [0.29, 0.717) is 18.1 Å². The van der Waals surface area contributed by atoms with Crippen LogP contribution in [0.1, 0.15) is 18.1 Å². The molecule has 0 atom stereocenters. The van der Waals surface area contributed by atoms with Gasteiger partial charge in [-0.05, 0) is 59.6 Å². The zero-order chi connectivity index (χ0) is 18.2. The lowest BCUT2D eigenvalue weighted by Gasteiger charge is -2.11. The van der Waals surface area contributed by atoms with Crippen LogP contribution in [-0.4, -0.2) is 25.3 Å². The minimum atomic E-state index is -0.348. The molecule has 0 bridgehead atoms. The lowest BCUT2D eigenvalue weighted by atomic mass is 10.2. The number of aryl methyl sites for hydroxylation is 1. The molecule has 0 saturated heterocycles. The Balaban J connectivity index is 1.91. The molecule has 0 aliphatic carbocycles. The van der Waals surface area contributed by atoms with Gasteiger partial charge in [-0.3, -0.25) is 4.79 Å². The molecule has 2 aromatic carbocycles. The van der Waals surface area contributed by atoms with Gasteiger partial charge in [0.1, 0.15) is 11.5 Å². The van der Waals surface area contributed by atoms with Crippen molar-refractivity contribution < 1.29 is 14.3 Å². The first-order valence-electron chi connectivity index (χ1n) is 7.63. The van der Waals surface area contributed by atoms with Gasteiger partial charge in [-0.2, -0.15) is 5.10 Å². The van der Waals surface area contributed by atoms with E-state index in [1.54, 1.807) is 6.21 Å². The zero-order valence-corrected chi connectivity index (χ0v) is 17.1. The van der Waals surface area contributed by atoms with Gasteiger partial charge in [0, 0.05) is 10.0 Å². The SMILES string of the molecule is CCOc1ccccc1/C=N/NC(=O)COc1c(C)cc(Br)cc1Br. The molecule has 0 heterocycles. The maximum atomic E-state index is 11.9. The second-order valence-corrected chi connectivity index (χ2v) is 6.86. The number of hydrazone groups is 1. The maximum absolute atomic E-state index is 11.9. The number of benzene rings is 2. The average Bonchev–Trinajstić information content (AvgIpc) is 2.55. The van der Waals surface area contributed by atoms with Crippen LogP contribution in [0, 0.1) is 6.92 Å². The Bertz CT molecular complexity index is 756. The summed E-state index contributed by atoms with van der Waals surface area (Å²) in [5.74, 6) is 0.997. The summed E-state index contributed by atoms with van der Waals surface area (Å²) in [5, 5.41) is 3.95. The van der Waals surface area contributed by atoms with Gasteiger partial charge in [-0.15, -0.1) is 0 Å². The summed E-state index contributed by atoms with van der Waals surface area (Å²) < 4.78 is 12.8. The number of amides is 1. The number of ether oxygens (including phenoxy) is 2. The van der Waals surface area contributed by atoms with Crippen molar-refractivity contribution in [2.24, 2.45) is 5.10 Å². The molecule has 0 aliphatic rings. The lowest BCUT2D eigenvalue weighted by molar-refractivity contribution is -0.123. The topological polar surface area (TPSA) is 59.9 Å². The average molecular weight is 470 g/mol. The fraction of sp³-hybridized carbons (Fsp3) is 0.222. The summed E-state index contributed by atoms with van der Waals surface area (Å²) in [6, 6.07) is 11.3. The smallest absolute Gasteiger partial charge is 0.277 e. The molecular weight excluding hydrogens is 452 g/mol. The van der Waals surface area contributed by atoms with Crippen LogP contribution in [0.5, 0.6) is 11.5 Å². The van der Waals surface area contributed by atoms with Crippen molar-refractivity contribution in [3.05, 3.63) is 56.5 Å². The molecule has 0 fully saturated rings. The number of para-hydroxylation sites is 1. The van der Waals surface area contributed by atoms with E-state index in [-0.39, 0.29) is 12.5 Å². The van der Waals surface area contributed by atoms with Gasteiger partial charge in [0.2, 0.25) is 0 Å². The second kappa shape index (κ2) is 9.58. The van der Waals surface area contributed by atoms with E-state index in [4.69, 9.17) is 9.47 Å². The quantitative estimate of drug-likeness (QED) is 0.481. The van der Waals surface area contributed by atoms with E-state index in [2.05, 4.69) is 42.4 Å². The van der Waals surface area contributed by atoms with Gasteiger partial charge < -0.3 is 9.47 Å². The maximum Gasteiger partial charge on any atom is 0.277 e. The van der Waals surface area contributed by atoms with Crippen molar-refractivity contribution in [3.63, 3.8) is 0 Å². The summed E-state index contributed by atoms with van der Waals surface area (Å²) >= 11 is 6.83. The van der Waals surface area contributed by atoms with E-state index in [1.807, 2.05) is 50.2 Å². The first kappa shape index (κ1) is 19.5.